The second kappa shape index (κ2) is 8.11. The molecule has 0 fully saturated rings. The van der Waals surface area contributed by atoms with E-state index in [-0.39, 0.29) is 6.04 Å². The van der Waals surface area contributed by atoms with Gasteiger partial charge >= 0.3 is 0 Å². The molecule has 0 atom stereocenters. The van der Waals surface area contributed by atoms with Crippen molar-refractivity contribution in [2.75, 3.05) is 26.0 Å². The van der Waals surface area contributed by atoms with Gasteiger partial charge in [0.2, 0.25) is 0 Å². The van der Waals surface area contributed by atoms with E-state index in [9.17, 15) is 0 Å². The zero-order valence-corrected chi connectivity index (χ0v) is 17.9. The van der Waals surface area contributed by atoms with Crippen LogP contribution >= 0.6 is 0 Å². The summed E-state index contributed by atoms with van der Waals surface area (Å²) in [5, 5.41) is 12.0. The first-order valence-corrected chi connectivity index (χ1v) is 10.2. The average Bonchev–Trinajstić information content (AvgIpc) is 3.21. The number of methoxy groups -OCH3 is 1. The standard InChI is InChI=1S/C25H28N4O/c1-16(2)29(3)24(26)18-9-7-8-17(12-18)19-13-21-22(15-28-25(21)27-14-19)20-10-5-6-11-23(20)30-4/h5-13,15-16,26-28H,14H2,1-4H3. The number of nitrogens with zero attached hydrogens (tertiary/aromatic N) is 1. The molecular formula is C25H28N4O. The van der Waals surface area contributed by atoms with Crippen LogP contribution in [0, 0.1) is 5.41 Å². The molecule has 3 aromatic rings. The number of H-pyrrole nitrogens is 1. The van der Waals surface area contributed by atoms with Crippen LogP contribution in [0.25, 0.3) is 22.8 Å². The molecule has 4 rings (SSSR count). The third-order valence-corrected chi connectivity index (χ3v) is 5.73. The first-order valence-electron chi connectivity index (χ1n) is 10.2. The van der Waals surface area contributed by atoms with Gasteiger partial charge in [0.25, 0.3) is 0 Å². The van der Waals surface area contributed by atoms with Gasteiger partial charge in [-0.15, -0.1) is 0 Å². The third-order valence-electron chi connectivity index (χ3n) is 5.73. The van der Waals surface area contributed by atoms with Gasteiger partial charge in [-0.3, -0.25) is 5.41 Å². The van der Waals surface area contributed by atoms with Crippen molar-refractivity contribution in [2.45, 2.75) is 19.9 Å². The van der Waals surface area contributed by atoms with Gasteiger partial charge in [0, 0.05) is 48.1 Å². The Morgan fingerprint density at radius 1 is 1.10 bits per heavy atom. The number of fused-ring (bicyclic) bond motifs is 1. The van der Waals surface area contributed by atoms with Crippen molar-refractivity contribution in [3.8, 4) is 16.9 Å². The summed E-state index contributed by atoms with van der Waals surface area (Å²) in [7, 11) is 3.67. The summed E-state index contributed by atoms with van der Waals surface area (Å²) >= 11 is 0. The predicted octanol–water partition coefficient (Wildman–Crippen LogP) is 5.32. The molecule has 0 radical (unpaired) electrons. The minimum absolute atomic E-state index is 0.280. The molecule has 1 aliphatic heterocycles. The number of nitrogens with one attached hydrogen (secondary N) is 3. The maximum atomic E-state index is 8.53. The van der Waals surface area contributed by atoms with Crippen molar-refractivity contribution in [3.05, 3.63) is 71.4 Å². The van der Waals surface area contributed by atoms with Crippen molar-refractivity contribution in [1.82, 2.24) is 9.88 Å². The molecule has 5 heteroatoms. The van der Waals surface area contributed by atoms with Crippen LogP contribution in [0.4, 0.5) is 5.82 Å². The van der Waals surface area contributed by atoms with Crippen LogP contribution in [-0.4, -0.2) is 42.5 Å². The molecule has 1 aliphatic rings. The summed E-state index contributed by atoms with van der Waals surface area (Å²) in [5.41, 5.74) is 6.54. The molecule has 30 heavy (non-hydrogen) atoms. The summed E-state index contributed by atoms with van der Waals surface area (Å²) in [4.78, 5) is 5.34. The Labute approximate surface area is 177 Å². The molecule has 1 aromatic heterocycles. The van der Waals surface area contributed by atoms with Crippen molar-refractivity contribution in [2.24, 2.45) is 0 Å². The number of benzene rings is 2. The van der Waals surface area contributed by atoms with E-state index in [4.69, 9.17) is 10.1 Å². The van der Waals surface area contributed by atoms with Crippen molar-refractivity contribution in [3.63, 3.8) is 0 Å². The number of rotatable bonds is 5. The Kier molecular flexibility index (Phi) is 5.36. The van der Waals surface area contributed by atoms with Gasteiger partial charge in [-0.25, -0.2) is 0 Å². The molecule has 0 bridgehead atoms. The van der Waals surface area contributed by atoms with E-state index in [0.29, 0.717) is 5.84 Å². The maximum absolute atomic E-state index is 8.53. The lowest BCUT2D eigenvalue weighted by Gasteiger charge is -2.25. The fourth-order valence-corrected chi connectivity index (χ4v) is 3.74. The van der Waals surface area contributed by atoms with Gasteiger partial charge in [0.15, 0.2) is 0 Å². The largest absolute Gasteiger partial charge is 0.496 e. The number of para-hydroxylation sites is 1. The van der Waals surface area contributed by atoms with Crippen LogP contribution in [0.15, 0.2) is 54.7 Å². The number of hydrogen-bond donors (Lipinski definition) is 3. The molecule has 0 saturated heterocycles. The Bertz CT molecular complexity index is 1110. The third kappa shape index (κ3) is 3.59. The van der Waals surface area contributed by atoms with Crippen molar-refractivity contribution in [1.29, 1.82) is 5.41 Å². The molecule has 5 nitrogen and oxygen atoms in total. The summed E-state index contributed by atoms with van der Waals surface area (Å²) < 4.78 is 5.57. The fourth-order valence-electron chi connectivity index (χ4n) is 3.74. The lowest BCUT2D eigenvalue weighted by atomic mass is 9.95. The highest BCUT2D eigenvalue weighted by Crippen LogP contribution is 2.39. The molecule has 0 amide bonds. The lowest BCUT2D eigenvalue weighted by molar-refractivity contribution is 0.416. The summed E-state index contributed by atoms with van der Waals surface area (Å²) in [6.45, 7) is 4.92. The fraction of sp³-hybridized carbons (Fsp3) is 0.240. The smallest absolute Gasteiger partial charge is 0.128 e. The minimum atomic E-state index is 0.280. The van der Waals surface area contributed by atoms with Crippen LogP contribution < -0.4 is 10.1 Å². The summed E-state index contributed by atoms with van der Waals surface area (Å²) in [6.07, 6.45) is 4.26. The number of ether oxygens (including phenoxy) is 1. The first kappa shape index (κ1) is 19.8. The summed E-state index contributed by atoms with van der Waals surface area (Å²) in [5.74, 6) is 2.41. The molecule has 2 heterocycles. The van der Waals surface area contributed by atoms with Crippen LogP contribution in [0.1, 0.15) is 30.5 Å². The highest BCUT2D eigenvalue weighted by Gasteiger charge is 2.20. The normalized spacial score (nSPS) is 12.8. The monoisotopic (exact) mass is 400 g/mol. The van der Waals surface area contributed by atoms with E-state index in [0.717, 1.165) is 45.9 Å². The van der Waals surface area contributed by atoms with Crippen LogP contribution in [0.5, 0.6) is 5.75 Å². The van der Waals surface area contributed by atoms with E-state index >= 15 is 0 Å². The highest BCUT2D eigenvalue weighted by molar-refractivity contribution is 5.99. The molecule has 0 spiro atoms. The van der Waals surface area contributed by atoms with Gasteiger partial charge in [-0.2, -0.15) is 0 Å². The Morgan fingerprint density at radius 3 is 2.67 bits per heavy atom. The Hall–Kier alpha value is -3.47. The molecule has 3 N–H and O–H groups in total. The number of anilines is 1. The Balaban J connectivity index is 1.72. The number of amidine groups is 1. The van der Waals surface area contributed by atoms with E-state index in [1.54, 1.807) is 7.11 Å². The molecule has 0 unspecified atom stereocenters. The molecular weight excluding hydrogens is 372 g/mol. The van der Waals surface area contributed by atoms with E-state index in [1.807, 2.05) is 48.5 Å². The quantitative estimate of drug-likeness (QED) is 0.401. The topological polar surface area (TPSA) is 64.1 Å². The van der Waals surface area contributed by atoms with Crippen molar-refractivity contribution >= 4 is 23.3 Å². The van der Waals surface area contributed by atoms with E-state index in [1.165, 1.54) is 5.57 Å². The van der Waals surface area contributed by atoms with E-state index in [2.05, 4.69) is 48.4 Å². The molecule has 0 saturated carbocycles. The second-order valence-electron chi connectivity index (χ2n) is 7.85. The molecule has 0 aliphatic carbocycles. The van der Waals surface area contributed by atoms with Gasteiger partial charge in [-0.1, -0.05) is 36.4 Å². The van der Waals surface area contributed by atoms with Gasteiger partial charge < -0.3 is 19.9 Å². The highest BCUT2D eigenvalue weighted by atomic mass is 16.5. The number of aromatic amines is 1. The minimum Gasteiger partial charge on any atom is -0.496 e. The zero-order valence-electron chi connectivity index (χ0n) is 17.9. The lowest BCUT2D eigenvalue weighted by Crippen LogP contribution is -2.33. The van der Waals surface area contributed by atoms with Crippen LogP contribution in [0.2, 0.25) is 0 Å². The van der Waals surface area contributed by atoms with Gasteiger partial charge in [0.05, 0.1) is 7.11 Å². The number of aromatic nitrogens is 1. The van der Waals surface area contributed by atoms with Crippen LogP contribution in [0.3, 0.4) is 0 Å². The van der Waals surface area contributed by atoms with Crippen molar-refractivity contribution < 1.29 is 4.74 Å². The molecule has 2 aromatic carbocycles. The van der Waals surface area contributed by atoms with Gasteiger partial charge in [0.1, 0.15) is 17.4 Å². The molecule has 154 valence electrons. The maximum Gasteiger partial charge on any atom is 0.128 e. The number of hydrogen-bond acceptors (Lipinski definition) is 3. The first-order chi connectivity index (χ1) is 14.5. The van der Waals surface area contributed by atoms with E-state index < -0.39 is 0 Å². The Morgan fingerprint density at radius 2 is 1.90 bits per heavy atom. The average molecular weight is 401 g/mol. The van der Waals surface area contributed by atoms with Gasteiger partial charge in [-0.05, 0) is 43.2 Å². The SMILES string of the molecule is COc1ccccc1-c1c[nH]c2c1C=C(c1cccc(C(=N)N(C)C(C)C)c1)CN2. The second-order valence-corrected chi connectivity index (χ2v) is 7.85. The van der Waals surface area contributed by atoms with Crippen LogP contribution in [-0.2, 0) is 0 Å². The zero-order chi connectivity index (χ0) is 21.3. The predicted molar refractivity (Wildman–Crippen MR) is 125 cm³/mol. The summed E-state index contributed by atoms with van der Waals surface area (Å²) in [6, 6.07) is 16.6.